The van der Waals surface area contributed by atoms with E-state index in [1.54, 1.807) is 13.2 Å². The van der Waals surface area contributed by atoms with E-state index in [2.05, 4.69) is 15.7 Å². The molecule has 1 aromatic rings. The first-order chi connectivity index (χ1) is 9.22. The van der Waals surface area contributed by atoms with E-state index >= 15 is 0 Å². The van der Waals surface area contributed by atoms with Gasteiger partial charge in [-0.25, -0.2) is 10.8 Å². The zero-order valence-electron chi connectivity index (χ0n) is 10.9. The molecule has 0 bridgehead atoms. The molecule has 6 heteroatoms. The summed E-state index contributed by atoms with van der Waals surface area (Å²) < 4.78 is 5.17. The van der Waals surface area contributed by atoms with E-state index < -0.39 is 0 Å². The lowest BCUT2D eigenvalue weighted by Gasteiger charge is -2.13. The quantitative estimate of drug-likeness (QED) is 0.345. The van der Waals surface area contributed by atoms with Crippen LogP contribution < -0.4 is 21.3 Å². The molecule has 0 heterocycles. The Morgan fingerprint density at radius 1 is 1.42 bits per heavy atom. The van der Waals surface area contributed by atoms with Gasteiger partial charge in [0.1, 0.15) is 5.75 Å². The molecule has 0 amide bonds. The van der Waals surface area contributed by atoms with Crippen molar-refractivity contribution >= 4 is 23.2 Å². The smallest absolute Gasteiger partial charge is 0.210 e. The van der Waals surface area contributed by atoms with Crippen molar-refractivity contribution in [2.75, 3.05) is 12.4 Å². The molecule has 1 aromatic carbocycles. The number of hydrazine groups is 1. The third-order valence-corrected chi connectivity index (χ3v) is 3.50. The highest BCUT2D eigenvalue weighted by atomic mass is 35.5. The highest BCUT2D eigenvalue weighted by molar-refractivity contribution is 6.32. The average Bonchev–Trinajstić information content (AvgIpc) is 2.93. The molecule has 0 saturated heterocycles. The summed E-state index contributed by atoms with van der Waals surface area (Å²) in [6, 6.07) is 5.79. The average molecular weight is 283 g/mol. The molecule has 0 atom stereocenters. The first-order valence-corrected chi connectivity index (χ1v) is 6.75. The van der Waals surface area contributed by atoms with Gasteiger partial charge in [0.15, 0.2) is 0 Å². The molecule has 19 heavy (non-hydrogen) atoms. The van der Waals surface area contributed by atoms with E-state index in [4.69, 9.17) is 22.2 Å². The second-order valence-electron chi connectivity index (χ2n) is 4.53. The van der Waals surface area contributed by atoms with Crippen LogP contribution in [0.15, 0.2) is 23.2 Å². The maximum absolute atomic E-state index is 5.98. The largest absolute Gasteiger partial charge is 0.495 e. The normalized spacial score (nSPS) is 16.5. The summed E-state index contributed by atoms with van der Waals surface area (Å²) >= 11 is 5.98. The summed E-state index contributed by atoms with van der Waals surface area (Å²) in [5, 5.41) is 3.71. The van der Waals surface area contributed by atoms with Gasteiger partial charge in [-0.2, -0.15) is 0 Å². The number of benzene rings is 1. The number of guanidine groups is 1. The fraction of sp³-hybridized carbons (Fsp3) is 0.462. The number of nitrogens with one attached hydrogen (secondary N) is 2. The minimum atomic E-state index is 0.354. The molecule has 2 rings (SSSR count). The molecule has 1 saturated carbocycles. The van der Waals surface area contributed by atoms with E-state index in [1.807, 2.05) is 12.1 Å². The maximum Gasteiger partial charge on any atom is 0.210 e. The van der Waals surface area contributed by atoms with Crippen LogP contribution >= 0.6 is 11.6 Å². The number of nitrogens with zero attached hydrogens (tertiary/aromatic N) is 1. The number of ether oxygens (including phenoxy) is 1. The predicted octanol–water partition coefficient (Wildman–Crippen LogP) is 2.52. The predicted molar refractivity (Wildman–Crippen MR) is 78.6 cm³/mol. The SMILES string of the molecule is COc1cc(NC(=NC2CCCC2)NN)ccc1Cl. The van der Waals surface area contributed by atoms with E-state index in [-0.39, 0.29) is 0 Å². The van der Waals surface area contributed by atoms with Gasteiger partial charge in [-0.1, -0.05) is 24.4 Å². The van der Waals surface area contributed by atoms with Crippen LogP contribution in [0.5, 0.6) is 5.75 Å². The molecule has 1 aliphatic rings. The van der Waals surface area contributed by atoms with Crippen molar-refractivity contribution in [2.24, 2.45) is 10.8 Å². The van der Waals surface area contributed by atoms with Gasteiger partial charge in [-0.15, -0.1) is 0 Å². The van der Waals surface area contributed by atoms with Crippen molar-refractivity contribution in [3.8, 4) is 5.75 Å². The molecule has 104 valence electrons. The summed E-state index contributed by atoms with van der Waals surface area (Å²) in [4.78, 5) is 4.56. The lowest BCUT2D eigenvalue weighted by atomic mass is 10.3. The van der Waals surface area contributed by atoms with Crippen molar-refractivity contribution in [1.29, 1.82) is 0 Å². The van der Waals surface area contributed by atoms with Crippen LogP contribution in [0.4, 0.5) is 5.69 Å². The second-order valence-corrected chi connectivity index (χ2v) is 4.94. The van der Waals surface area contributed by atoms with Crippen LogP contribution in [-0.4, -0.2) is 19.1 Å². The van der Waals surface area contributed by atoms with E-state index in [0.717, 1.165) is 18.5 Å². The zero-order chi connectivity index (χ0) is 13.7. The number of aliphatic imine (C=N–C) groups is 1. The van der Waals surface area contributed by atoms with E-state index in [1.165, 1.54) is 12.8 Å². The first kappa shape index (κ1) is 14.0. The third-order valence-electron chi connectivity index (χ3n) is 3.19. The van der Waals surface area contributed by atoms with Crippen LogP contribution in [0.25, 0.3) is 0 Å². The third kappa shape index (κ3) is 3.75. The van der Waals surface area contributed by atoms with Gasteiger partial charge in [-0.3, -0.25) is 5.43 Å². The van der Waals surface area contributed by atoms with Crippen LogP contribution in [0.1, 0.15) is 25.7 Å². The van der Waals surface area contributed by atoms with Crippen molar-refractivity contribution in [2.45, 2.75) is 31.7 Å². The van der Waals surface area contributed by atoms with Crippen molar-refractivity contribution in [3.05, 3.63) is 23.2 Å². The molecular formula is C13H19ClN4O. The maximum atomic E-state index is 5.98. The first-order valence-electron chi connectivity index (χ1n) is 6.38. The van der Waals surface area contributed by atoms with E-state index in [9.17, 15) is 0 Å². The Kier molecular flexibility index (Phi) is 4.87. The number of anilines is 1. The second kappa shape index (κ2) is 6.63. The minimum absolute atomic E-state index is 0.354. The topological polar surface area (TPSA) is 71.7 Å². The lowest BCUT2D eigenvalue weighted by Crippen LogP contribution is -2.37. The van der Waals surface area contributed by atoms with Crippen molar-refractivity contribution < 1.29 is 4.74 Å². The molecule has 0 aromatic heterocycles. The summed E-state index contributed by atoms with van der Waals surface area (Å²) in [5.74, 6) is 6.68. The Hall–Kier alpha value is -1.46. The van der Waals surface area contributed by atoms with Crippen LogP contribution in [0.2, 0.25) is 5.02 Å². The highest BCUT2D eigenvalue weighted by Crippen LogP contribution is 2.27. The van der Waals surface area contributed by atoms with Gasteiger partial charge >= 0.3 is 0 Å². The van der Waals surface area contributed by atoms with Crippen LogP contribution in [0, 0.1) is 0 Å². The standard InChI is InChI=1S/C13H19ClN4O/c1-19-12-8-10(6-7-11(12)14)17-13(18-15)16-9-4-2-3-5-9/h6-9H,2-5,15H2,1H3,(H2,16,17,18). The number of halogens is 1. The zero-order valence-corrected chi connectivity index (χ0v) is 11.7. The van der Waals surface area contributed by atoms with Crippen molar-refractivity contribution in [3.63, 3.8) is 0 Å². The Balaban J connectivity index is 2.09. The number of hydrogen-bond acceptors (Lipinski definition) is 3. The molecule has 1 fully saturated rings. The fourth-order valence-electron chi connectivity index (χ4n) is 2.20. The Morgan fingerprint density at radius 3 is 2.79 bits per heavy atom. The monoisotopic (exact) mass is 282 g/mol. The van der Waals surface area contributed by atoms with E-state index in [0.29, 0.717) is 22.8 Å². The summed E-state index contributed by atoms with van der Waals surface area (Å²) in [6.07, 6.45) is 4.72. The fourth-order valence-corrected chi connectivity index (χ4v) is 2.39. The number of methoxy groups -OCH3 is 1. The van der Waals surface area contributed by atoms with Crippen LogP contribution in [0.3, 0.4) is 0 Å². The van der Waals surface area contributed by atoms with Gasteiger partial charge < -0.3 is 10.1 Å². The highest BCUT2D eigenvalue weighted by Gasteiger charge is 2.14. The molecule has 0 aliphatic heterocycles. The summed E-state index contributed by atoms with van der Waals surface area (Å²) in [5.41, 5.74) is 3.42. The number of nitrogens with two attached hydrogens (primary N) is 1. The molecule has 0 unspecified atom stereocenters. The number of rotatable bonds is 3. The Morgan fingerprint density at radius 2 is 2.16 bits per heavy atom. The van der Waals surface area contributed by atoms with Gasteiger partial charge in [0.05, 0.1) is 18.2 Å². The van der Waals surface area contributed by atoms with Crippen molar-refractivity contribution in [1.82, 2.24) is 5.43 Å². The van der Waals surface area contributed by atoms with Gasteiger partial charge in [-0.05, 0) is 25.0 Å². The molecule has 0 spiro atoms. The Bertz CT molecular complexity index is 458. The van der Waals surface area contributed by atoms with Gasteiger partial charge in [0, 0.05) is 11.8 Å². The summed E-state index contributed by atoms with van der Waals surface area (Å²) in [6.45, 7) is 0. The lowest BCUT2D eigenvalue weighted by molar-refractivity contribution is 0.415. The van der Waals surface area contributed by atoms with Gasteiger partial charge in [0.25, 0.3) is 0 Å². The molecule has 1 aliphatic carbocycles. The molecule has 4 N–H and O–H groups in total. The van der Waals surface area contributed by atoms with Crippen LogP contribution in [-0.2, 0) is 0 Å². The Labute approximate surface area is 118 Å². The number of hydrogen-bond donors (Lipinski definition) is 3. The van der Waals surface area contributed by atoms with Gasteiger partial charge in [0.2, 0.25) is 5.96 Å². The minimum Gasteiger partial charge on any atom is -0.495 e. The molecule has 5 nitrogen and oxygen atoms in total. The molecule has 0 radical (unpaired) electrons. The summed E-state index contributed by atoms with van der Waals surface area (Å²) in [7, 11) is 1.58. The molecular weight excluding hydrogens is 264 g/mol.